The van der Waals surface area contributed by atoms with Crippen LogP contribution in [-0.4, -0.2) is 27.1 Å². The SMILES string of the molecule is S=C(NC12CC3CC(CC(C3)C1)C2)N1CCc2[nH]c3ccccc3c2C1. The number of thiocarbonyl (C=S) groups is 1. The maximum absolute atomic E-state index is 5.94. The summed E-state index contributed by atoms with van der Waals surface area (Å²) in [6.07, 6.45) is 9.57. The average molecular weight is 366 g/mol. The maximum Gasteiger partial charge on any atom is 0.169 e. The highest BCUT2D eigenvalue weighted by Gasteiger charge is 2.51. The fourth-order valence-electron chi connectivity index (χ4n) is 6.91. The van der Waals surface area contributed by atoms with Crippen molar-refractivity contribution in [2.45, 2.75) is 57.0 Å². The molecule has 0 spiro atoms. The Bertz CT molecular complexity index is 847. The van der Waals surface area contributed by atoms with E-state index in [1.165, 1.54) is 60.7 Å². The lowest BCUT2D eigenvalue weighted by Crippen LogP contribution is -2.62. The number of fused-ring (bicyclic) bond motifs is 3. The molecular weight excluding hydrogens is 338 g/mol. The zero-order valence-electron chi connectivity index (χ0n) is 15.3. The Labute approximate surface area is 160 Å². The third kappa shape index (κ3) is 2.34. The first-order valence-corrected chi connectivity index (χ1v) is 10.7. The van der Waals surface area contributed by atoms with Crippen LogP contribution in [0, 0.1) is 17.8 Å². The predicted molar refractivity (Wildman–Crippen MR) is 109 cm³/mol. The summed E-state index contributed by atoms with van der Waals surface area (Å²) >= 11 is 5.94. The number of para-hydroxylation sites is 1. The first kappa shape index (κ1) is 15.5. The van der Waals surface area contributed by atoms with Crippen LogP contribution < -0.4 is 5.32 Å². The van der Waals surface area contributed by atoms with Crippen molar-refractivity contribution in [3.05, 3.63) is 35.5 Å². The van der Waals surface area contributed by atoms with Gasteiger partial charge in [-0.15, -0.1) is 0 Å². The molecule has 0 radical (unpaired) electrons. The fraction of sp³-hybridized carbons (Fsp3) is 0.591. The molecule has 5 aliphatic rings. The number of nitrogens with zero attached hydrogens (tertiary/aromatic N) is 1. The Morgan fingerprint density at radius 1 is 1.08 bits per heavy atom. The maximum atomic E-state index is 5.94. The molecule has 4 bridgehead atoms. The van der Waals surface area contributed by atoms with E-state index in [4.69, 9.17) is 12.2 Å². The third-order valence-electron chi connectivity index (χ3n) is 7.58. The lowest BCUT2D eigenvalue weighted by Gasteiger charge is -2.57. The van der Waals surface area contributed by atoms with Gasteiger partial charge in [-0.05, 0) is 74.6 Å². The zero-order chi connectivity index (χ0) is 17.3. The van der Waals surface area contributed by atoms with E-state index >= 15 is 0 Å². The minimum atomic E-state index is 0.312. The summed E-state index contributed by atoms with van der Waals surface area (Å²) in [6.45, 7) is 1.97. The molecule has 4 saturated carbocycles. The summed E-state index contributed by atoms with van der Waals surface area (Å²) in [6, 6.07) is 8.68. The second kappa shape index (κ2) is 5.48. The van der Waals surface area contributed by atoms with Crippen LogP contribution in [-0.2, 0) is 13.0 Å². The molecule has 1 aromatic heterocycles. The van der Waals surface area contributed by atoms with Gasteiger partial charge in [0.1, 0.15) is 0 Å². The number of nitrogens with one attached hydrogen (secondary N) is 2. The highest BCUT2D eigenvalue weighted by atomic mass is 32.1. The molecule has 136 valence electrons. The van der Waals surface area contributed by atoms with Crippen LogP contribution in [0.4, 0.5) is 0 Å². The fourth-order valence-corrected chi connectivity index (χ4v) is 7.28. The number of H-pyrrole nitrogens is 1. The number of rotatable bonds is 1. The van der Waals surface area contributed by atoms with Gasteiger partial charge in [-0.25, -0.2) is 0 Å². The van der Waals surface area contributed by atoms with E-state index in [9.17, 15) is 0 Å². The first-order valence-electron chi connectivity index (χ1n) is 10.3. The van der Waals surface area contributed by atoms with E-state index in [2.05, 4.69) is 39.5 Å². The monoisotopic (exact) mass is 365 g/mol. The molecule has 1 aromatic carbocycles. The standard InChI is InChI=1S/C22H27N3S/c26-21(24-22-10-14-7-15(11-22)9-16(8-14)12-22)25-6-5-20-18(13-25)17-3-1-2-4-19(17)23-20/h1-4,14-16,23H,5-13H2,(H,24,26). The van der Waals surface area contributed by atoms with Gasteiger partial charge in [0.15, 0.2) is 5.11 Å². The number of hydrogen-bond acceptors (Lipinski definition) is 1. The zero-order valence-corrected chi connectivity index (χ0v) is 16.1. The molecule has 4 heteroatoms. The Morgan fingerprint density at radius 3 is 2.50 bits per heavy atom. The number of benzene rings is 1. The Kier molecular flexibility index (Phi) is 3.27. The van der Waals surface area contributed by atoms with Crippen LogP contribution in [0.25, 0.3) is 10.9 Å². The lowest BCUT2D eigenvalue weighted by molar-refractivity contribution is -0.0113. The normalized spacial score (nSPS) is 34.9. The number of aromatic nitrogens is 1. The molecule has 1 aliphatic heterocycles. The first-order chi connectivity index (χ1) is 12.7. The molecule has 2 N–H and O–H groups in total. The minimum absolute atomic E-state index is 0.312. The quantitative estimate of drug-likeness (QED) is 0.736. The minimum Gasteiger partial charge on any atom is -0.358 e. The summed E-state index contributed by atoms with van der Waals surface area (Å²) in [4.78, 5) is 6.02. The molecule has 3 nitrogen and oxygen atoms in total. The summed E-state index contributed by atoms with van der Waals surface area (Å²) in [5.41, 5.74) is 4.42. The second-order valence-electron chi connectivity index (χ2n) is 9.43. The van der Waals surface area contributed by atoms with Crippen molar-refractivity contribution in [1.29, 1.82) is 0 Å². The van der Waals surface area contributed by atoms with E-state index in [1.807, 2.05) is 0 Å². The van der Waals surface area contributed by atoms with E-state index < -0.39 is 0 Å². The van der Waals surface area contributed by atoms with Crippen LogP contribution in [0.15, 0.2) is 24.3 Å². The molecule has 4 fully saturated rings. The molecule has 0 amide bonds. The number of hydrogen-bond donors (Lipinski definition) is 2. The molecular formula is C22H27N3S. The number of aromatic amines is 1. The van der Waals surface area contributed by atoms with Crippen molar-refractivity contribution >= 4 is 28.2 Å². The summed E-state index contributed by atoms with van der Waals surface area (Å²) in [5, 5.41) is 6.28. The van der Waals surface area contributed by atoms with Crippen molar-refractivity contribution in [2.24, 2.45) is 17.8 Å². The second-order valence-corrected chi connectivity index (χ2v) is 9.81. The van der Waals surface area contributed by atoms with E-state index in [-0.39, 0.29) is 0 Å². The van der Waals surface area contributed by atoms with E-state index in [1.54, 1.807) is 0 Å². The molecule has 7 rings (SSSR count). The van der Waals surface area contributed by atoms with Gasteiger partial charge in [-0.1, -0.05) is 18.2 Å². The van der Waals surface area contributed by atoms with Gasteiger partial charge in [0.25, 0.3) is 0 Å². The highest BCUT2D eigenvalue weighted by molar-refractivity contribution is 7.80. The molecule has 0 unspecified atom stereocenters. The van der Waals surface area contributed by atoms with Crippen LogP contribution >= 0.6 is 12.2 Å². The molecule has 26 heavy (non-hydrogen) atoms. The van der Waals surface area contributed by atoms with Crippen LogP contribution in [0.5, 0.6) is 0 Å². The van der Waals surface area contributed by atoms with Gasteiger partial charge in [0.2, 0.25) is 0 Å². The highest BCUT2D eigenvalue weighted by Crippen LogP contribution is 2.55. The third-order valence-corrected chi connectivity index (χ3v) is 7.94. The van der Waals surface area contributed by atoms with Crippen molar-refractivity contribution in [2.75, 3.05) is 6.54 Å². The van der Waals surface area contributed by atoms with Gasteiger partial charge >= 0.3 is 0 Å². The van der Waals surface area contributed by atoms with Gasteiger partial charge in [0, 0.05) is 47.2 Å². The smallest absolute Gasteiger partial charge is 0.169 e. The molecule has 2 aromatic rings. The van der Waals surface area contributed by atoms with Crippen LogP contribution in [0.3, 0.4) is 0 Å². The molecule has 0 atom stereocenters. The largest absolute Gasteiger partial charge is 0.358 e. The van der Waals surface area contributed by atoms with E-state index in [0.717, 1.165) is 42.4 Å². The summed E-state index contributed by atoms with van der Waals surface area (Å²) in [5.74, 6) is 2.87. The Morgan fingerprint density at radius 2 is 1.77 bits per heavy atom. The van der Waals surface area contributed by atoms with Crippen LogP contribution in [0.2, 0.25) is 0 Å². The van der Waals surface area contributed by atoms with Crippen molar-refractivity contribution in [1.82, 2.24) is 15.2 Å². The van der Waals surface area contributed by atoms with Crippen molar-refractivity contribution in [3.63, 3.8) is 0 Å². The molecule has 0 saturated heterocycles. The average Bonchev–Trinajstić information content (AvgIpc) is 2.98. The topological polar surface area (TPSA) is 31.1 Å². The Hall–Kier alpha value is -1.55. The van der Waals surface area contributed by atoms with E-state index in [0.29, 0.717) is 5.54 Å². The van der Waals surface area contributed by atoms with Gasteiger partial charge < -0.3 is 15.2 Å². The van der Waals surface area contributed by atoms with Crippen molar-refractivity contribution < 1.29 is 0 Å². The van der Waals surface area contributed by atoms with Gasteiger partial charge in [0.05, 0.1) is 0 Å². The predicted octanol–water partition coefficient (Wildman–Crippen LogP) is 4.37. The van der Waals surface area contributed by atoms with Gasteiger partial charge in [-0.3, -0.25) is 0 Å². The lowest BCUT2D eigenvalue weighted by atomic mass is 9.53. The summed E-state index contributed by atoms with van der Waals surface area (Å²) < 4.78 is 0. The molecule has 2 heterocycles. The molecule has 4 aliphatic carbocycles. The summed E-state index contributed by atoms with van der Waals surface area (Å²) in [7, 11) is 0. The van der Waals surface area contributed by atoms with Gasteiger partial charge in [-0.2, -0.15) is 0 Å². The Balaban J connectivity index is 1.23. The van der Waals surface area contributed by atoms with Crippen LogP contribution in [0.1, 0.15) is 49.8 Å². The van der Waals surface area contributed by atoms with Crippen molar-refractivity contribution in [3.8, 4) is 0 Å².